The number of benzene rings is 1. The molecule has 0 spiro atoms. The van der Waals surface area contributed by atoms with Gasteiger partial charge in [-0.1, -0.05) is 12.1 Å². The van der Waals surface area contributed by atoms with Gasteiger partial charge in [0.2, 0.25) is 0 Å². The molecule has 4 aromatic rings. The molecular formula is C18H19N7O2S. The van der Waals surface area contributed by atoms with Crippen molar-refractivity contribution >= 4 is 32.7 Å². The third-order valence-electron chi connectivity index (χ3n) is 4.12. The van der Waals surface area contributed by atoms with Crippen LogP contribution in [-0.4, -0.2) is 39.3 Å². The summed E-state index contributed by atoms with van der Waals surface area (Å²) in [5.74, 6) is 0.522. The number of nitrogens with one attached hydrogen (secondary N) is 2. The summed E-state index contributed by atoms with van der Waals surface area (Å²) in [6.45, 7) is 1.26. The van der Waals surface area contributed by atoms with E-state index >= 15 is 0 Å². The highest BCUT2D eigenvalue weighted by Gasteiger charge is 2.20. The average molecular weight is 397 g/mol. The Bertz CT molecular complexity index is 1200. The van der Waals surface area contributed by atoms with Crippen molar-refractivity contribution in [3.05, 3.63) is 61.2 Å². The van der Waals surface area contributed by atoms with Crippen molar-refractivity contribution < 1.29 is 8.42 Å². The molecule has 3 aromatic heterocycles. The normalized spacial score (nSPS) is 11.6. The van der Waals surface area contributed by atoms with Crippen molar-refractivity contribution in [1.29, 1.82) is 0 Å². The second-order valence-corrected chi connectivity index (χ2v) is 7.89. The Labute approximate surface area is 162 Å². The van der Waals surface area contributed by atoms with Gasteiger partial charge in [0, 0.05) is 38.7 Å². The van der Waals surface area contributed by atoms with E-state index < -0.39 is 10.0 Å². The van der Waals surface area contributed by atoms with Crippen LogP contribution >= 0.6 is 0 Å². The highest BCUT2D eigenvalue weighted by Crippen LogP contribution is 2.24. The SMILES string of the molecule is Cn1cc(S(=O)(=O)Nc2nc3ccccc3nc2NCCn2cccc2)cn1. The van der Waals surface area contributed by atoms with E-state index in [0.29, 0.717) is 29.9 Å². The number of aryl methyl sites for hydroxylation is 1. The molecule has 28 heavy (non-hydrogen) atoms. The second kappa shape index (κ2) is 7.31. The molecule has 144 valence electrons. The number of rotatable bonds is 7. The lowest BCUT2D eigenvalue weighted by atomic mass is 10.3. The van der Waals surface area contributed by atoms with E-state index in [1.54, 1.807) is 13.1 Å². The number of hydrogen-bond donors (Lipinski definition) is 2. The average Bonchev–Trinajstić information content (AvgIpc) is 3.34. The number of anilines is 2. The smallest absolute Gasteiger partial charge is 0.266 e. The van der Waals surface area contributed by atoms with E-state index in [1.165, 1.54) is 17.1 Å². The molecule has 0 atom stereocenters. The molecule has 0 aliphatic carbocycles. The maximum absolute atomic E-state index is 12.7. The van der Waals surface area contributed by atoms with Crippen LogP contribution in [0.5, 0.6) is 0 Å². The predicted octanol–water partition coefficient (Wildman–Crippen LogP) is 2.08. The van der Waals surface area contributed by atoms with Crippen LogP contribution in [0.15, 0.2) is 66.1 Å². The maximum Gasteiger partial charge on any atom is 0.266 e. The summed E-state index contributed by atoms with van der Waals surface area (Å²) >= 11 is 0. The minimum Gasteiger partial charge on any atom is -0.365 e. The van der Waals surface area contributed by atoms with E-state index in [0.717, 1.165) is 0 Å². The Balaban J connectivity index is 1.64. The van der Waals surface area contributed by atoms with Crippen molar-refractivity contribution in [3.8, 4) is 0 Å². The first-order valence-electron chi connectivity index (χ1n) is 8.64. The molecule has 9 nitrogen and oxygen atoms in total. The summed E-state index contributed by atoms with van der Waals surface area (Å²) in [7, 11) is -2.18. The number of aromatic nitrogens is 5. The van der Waals surface area contributed by atoms with Crippen LogP contribution in [0, 0.1) is 0 Å². The van der Waals surface area contributed by atoms with Crippen molar-refractivity contribution in [2.24, 2.45) is 7.05 Å². The first-order chi connectivity index (χ1) is 13.5. The number of fused-ring (bicyclic) bond motifs is 1. The van der Waals surface area contributed by atoms with Gasteiger partial charge >= 0.3 is 0 Å². The highest BCUT2D eigenvalue weighted by atomic mass is 32.2. The molecule has 0 aliphatic heterocycles. The van der Waals surface area contributed by atoms with Gasteiger partial charge in [-0.2, -0.15) is 5.10 Å². The lowest BCUT2D eigenvalue weighted by Crippen LogP contribution is -2.17. The zero-order valence-electron chi connectivity index (χ0n) is 15.1. The molecule has 2 N–H and O–H groups in total. The molecule has 3 heterocycles. The Morgan fingerprint density at radius 2 is 1.68 bits per heavy atom. The summed E-state index contributed by atoms with van der Waals surface area (Å²) in [5.41, 5.74) is 1.28. The Hall–Kier alpha value is -3.40. The van der Waals surface area contributed by atoms with Crippen LogP contribution < -0.4 is 10.0 Å². The largest absolute Gasteiger partial charge is 0.365 e. The standard InChI is InChI=1S/C18H19N7O2S/c1-24-13-14(12-20-24)28(26,27)23-18-17(19-8-11-25-9-4-5-10-25)21-15-6-2-3-7-16(15)22-18/h2-7,9-10,12-13H,8,11H2,1H3,(H,19,21)(H,22,23). The fourth-order valence-corrected chi connectivity index (χ4v) is 3.73. The number of hydrogen-bond acceptors (Lipinski definition) is 6. The van der Waals surface area contributed by atoms with Crippen LogP contribution in [0.2, 0.25) is 0 Å². The molecule has 4 rings (SSSR count). The minimum absolute atomic E-state index is 0.0586. The van der Waals surface area contributed by atoms with Gasteiger partial charge in [0.05, 0.1) is 17.2 Å². The molecule has 0 unspecified atom stereocenters. The molecule has 0 bridgehead atoms. The van der Waals surface area contributed by atoms with Gasteiger partial charge < -0.3 is 9.88 Å². The Morgan fingerprint density at radius 1 is 1.00 bits per heavy atom. The quantitative estimate of drug-likeness (QED) is 0.494. The van der Waals surface area contributed by atoms with Crippen LogP contribution in [0.25, 0.3) is 11.0 Å². The number of para-hydroxylation sites is 2. The fourth-order valence-electron chi connectivity index (χ4n) is 2.74. The first-order valence-corrected chi connectivity index (χ1v) is 10.1. The van der Waals surface area contributed by atoms with Gasteiger partial charge in [0.25, 0.3) is 10.0 Å². The summed E-state index contributed by atoms with van der Waals surface area (Å²) in [6.07, 6.45) is 6.63. The lowest BCUT2D eigenvalue weighted by molar-refractivity contribution is 0.601. The highest BCUT2D eigenvalue weighted by molar-refractivity contribution is 7.92. The Morgan fingerprint density at radius 3 is 2.32 bits per heavy atom. The number of sulfonamides is 1. The van der Waals surface area contributed by atoms with Crippen LogP contribution in [0.4, 0.5) is 11.6 Å². The van der Waals surface area contributed by atoms with Gasteiger partial charge in [0.15, 0.2) is 11.6 Å². The summed E-state index contributed by atoms with van der Waals surface area (Å²) in [6, 6.07) is 11.2. The van der Waals surface area contributed by atoms with Gasteiger partial charge in [-0.25, -0.2) is 18.4 Å². The van der Waals surface area contributed by atoms with E-state index in [4.69, 9.17) is 0 Å². The monoisotopic (exact) mass is 397 g/mol. The topological polar surface area (TPSA) is 107 Å². The zero-order chi connectivity index (χ0) is 19.6. The van der Waals surface area contributed by atoms with Crippen LogP contribution in [0.1, 0.15) is 0 Å². The molecule has 0 fully saturated rings. The lowest BCUT2D eigenvalue weighted by Gasteiger charge is -2.13. The molecule has 0 saturated carbocycles. The Kier molecular flexibility index (Phi) is 4.70. The van der Waals surface area contributed by atoms with Crippen LogP contribution in [0.3, 0.4) is 0 Å². The maximum atomic E-state index is 12.7. The summed E-state index contributed by atoms with van der Waals surface area (Å²) in [5, 5.41) is 7.10. The van der Waals surface area contributed by atoms with Gasteiger partial charge in [-0.05, 0) is 24.3 Å². The third-order valence-corrected chi connectivity index (χ3v) is 5.42. The second-order valence-electron chi connectivity index (χ2n) is 6.21. The van der Waals surface area contributed by atoms with E-state index in [2.05, 4.69) is 25.1 Å². The summed E-state index contributed by atoms with van der Waals surface area (Å²) in [4.78, 5) is 9.06. The third kappa shape index (κ3) is 3.81. The molecule has 0 saturated heterocycles. The minimum atomic E-state index is -3.83. The van der Waals surface area contributed by atoms with Crippen LogP contribution in [-0.2, 0) is 23.6 Å². The molecular weight excluding hydrogens is 378 g/mol. The molecule has 0 radical (unpaired) electrons. The van der Waals surface area contributed by atoms with Gasteiger partial charge in [-0.15, -0.1) is 0 Å². The zero-order valence-corrected chi connectivity index (χ0v) is 16.0. The molecule has 0 amide bonds. The van der Waals surface area contributed by atoms with Crippen molar-refractivity contribution in [1.82, 2.24) is 24.3 Å². The van der Waals surface area contributed by atoms with Crippen molar-refractivity contribution in [2.45, 2.75) is 11.4 Å². The van der Waals surface area contributed by atoms with Gasteiger partial charge in [0.1, 0.15) is 4.90 Å². The van der Waals surface area contributed by atoms with E-state index in [1.807, 2.05) is 47.3 Å². The number of nitrogens with zero attached hydrogens (tertiary/aromatic N) is 5. The van der Waals surface area contributed by atoms with Gasteiger partial charge in [-0.3, -0.25) is 9.40 Å². The predicted molar refractivity (Wildman–Crippen MR) is 106 cm³/mol. The molecule has 1 aromatic carbocycles. The molecule has 10 heteroatoms. The van der Waals surface area contributed by atoms with Crippen molar-refractivity contribution in [2.75, 3.05) is 16.6 Å². The molecule has 0 aliphatic rings. The van der Waals surface area contributed by atoms with E-state index in [-0.39, 0.29) is 10.7 Å². The first kappa shape index (κ1) is 18.0. The van der Waals surface area contributed by atoms with E-state index in [9.17, 15) is 8.42 Å². The fraction of sp³-hybridized carbons (Fsp3) is 0.167. The summed E-state index contributed by atoms with van der Waals surface area (Å²) < 4.78 is 31.4. The van der Waals surface area contributed by atoms with Crippen molar-refractivity contribution in [3.63, 3.8) is 0 Å².